The lowest BCUT2D eigenvalue weighted by Gasteiger charge is -2.24. The van der Waals surface area contributed by atoms with Crippen molar-refractivity contribution in [2.24, 2.45) is 0 Å². The third-order valence-corrected chi connectivity index (χ3v) is 2.83. The predicted octanol–water partition coefficient (Wildman–Crippen LogP) is 2.24. The predicted molar refractivity (Wildman–Crippen MR) is 62.5 cm³/mol. The lowest BCUT2D eigenvalue weighted by atomic mass is 10.2. The number of alkyl halides is 3. The largest absolute Gasteiger partial charge is 0.416 e. The summed E-state index contributed by atoms with van der Waals surface area (Å²) in [5, 5.41) is 5.93. The molecule has 0 saturated carbocycles. The summed E-state index contributed by atoms with van der Waals surface area (Å²) in [4.78, 5) is 0. The maximum absolute atomic E-state index is 13.5. The first-order chi connectivity index (χ1) is 8.97. The zero-order chi connectivity index (χ0) is 13.9. The van der Waals surface area contributed by atoms with Crippen molar-refractivity contribution < 1.29 is 22.3 Å². The normalized spacial score (nSPS) is 20.3. The summed E-state index contributed by atoms with van der Waals surface area (Å²) in [5.74, 6) is -0.911. The second-order valence-corrected chi connectivity index (χ2v) is 4.30. The molecule has 0 aliphatic carbocycles. The number of nitrogens with one attached hydrogen (secondary N) is 2. The van der Waals surface area contributed by atoms with Gasteiger partial charge in [-0.2, -0.15) is 13.2 Å². The summed E-state index contributed by atoms with van der Waals surface area (Å²) in [7, 11) is 0. The highest BCUT2D eigenvalue weighted by molar-refractivity contribution is 5.47. The SMILES string of the molecule is Fc1cc(C(F)(F)F)ccc1NCC1COCCN1. The molecular weight excluding hydrogens is 264 g/mol. The molecule has 106 valence electrons. The highest BCUT2D eigenvalue weighted by atomic mass is 19.4. The van der Waals surface area contributed by atoms with Gasteiger partial charge in [0.2, 0.25) is 0 Å². The van der Waals surface area contributed by atoms with Crippen molar-refractivity contribution in [2.45, 2.75) is 12.2 Å². The van der Waals surface area contributed by atoms with Crippen LogP contribution >= 0.6 is 0 Å². The van der Waals surface area contributed by atoms with E-state index in [1.807, 2.05) is 0 Å². The fourth-order valence-corrected chi connectivity index (χ4v) is 1.82. The summed E-state index contributed by atoms with van der Waals surface area (Å²) >= 11 is 0. The van der Waals surface area contributed by atoms with Gasteiger partial charge in [-0.3, -0.25) is 0 Å². The van der Waals surface area contributed by atoms with Crippen LogP contribution in [0.1, 0.15) is 5.56 Å². The Balaban J connectivity index is 1.97. The first-order valence-electron chi connectivity index (χ1n) is 5.88. The first-order valence-corrected chi connectivity index (χ1v) is 5.88. The Bertz CT molecular complexity index is 430. The molecule has 1 atom stereocenters. The molecule has 1 aromatic carbocycles. The Hall–Kier alpha value is -1.34. The van der Waals surface area contributed by atoms with Crippen molar-refractivity contribution in [3.63, 3.8) is 0 Å². The van der Waals surface area contributed by atoms with Gasteiger partial charge in [0, 0.05) is 19.1 Å². The van der Waals surface area contributed by atoms with Crippen molar-refractivity contribution in [3.8, 4) is 0 Å². The van der Waals surface area contributed by atoms with Gasteiger partial charge in [-0.05, 0) is 18.2 Å². The molecule has 7 heteroatoms. The zero-order valence-electron chi connectivity index (χ0n) is 10.1. The number of ether oxygens (including phenoxy) is 1. The Labute approximate surface area is 107 Å². The molecule has 2 N–H and O–H groups in total. The summed E-state index contributed by atoms with van der Waals surface area (Å²) < 4.78 is 55.8. The molecule has 3 nitrogen and oxygen atoms in total. The molecule has 0 aromatic heterocycles. The molecule has 1 saturated heterocycles. The number of rotatable bonds is 3. The minimum absolute atomic E-state index is 0.0236. The molecule has 0 spiro atoms. The molecule has 1 unspecified atom stereocenters. The Kier molecular flexibility index (Phi) is 4.26. The van der Waals surface area contributed by atoms with Crippen molar-refractivity contribution in [1.82, 2.24) is 5.32 Å². The second kappa shape index (κ2) is 5.75. The fourth-order valence-electron chi connectivity index (χ4n) is 1.82. The van der Waals surface area contributed by atoms with Gasteiger partial charge in [0.25, 0.3) is 0 Å². The first kappa shape index (κ1) is 14.1. The van der Waals surface area contributed by atoms with Gasteiger partial charge in [0.05, 0.1) is 24.5 Å². The molecule has 0 amide bonds. The third-order valence-electron chi connectivity index (χ3n) is 2.83. The van der Waals surface area contributed by atoms with Crippen LogP contribution in [-0.4, -0.2) is 32.3 Å². The molecule has 1 fully saturated rings. The third kappa shape index (κ3) is 3.81. The molecule has 19 heavy (non-hydrogen) atoms. The summed E-state index contributed by atoms with van der Waals surface area (Å²) in [5.41, 5.74) is -0.935. The number of halogens is 4. The van der Waals surface area contributed by atoms with Crippen LogP contribution in [-0.2, 0) is 10.9 Å². The number of benzene rings is 1. The molecule has 1 aromatic rings. The standard InChI is InChI=1S/C12H14F4N2O/c13-10-5-8(12(14,15)16)1-2-11(10)18-6-9-7-19-4-3-17-9/h1-2,5,9,17-18H,3-4,6-7H2. The van der Waals surface area contributed by atoms with Gasteiger partial charge in [-0.25, -0.2) is 4.39 Å². The van der Waals surface area contributed by atoms with Gasteiger partial charge < -0.3 is 15.4 Å². The Morgan fingerprint density at radius 2 is 2.16 bits per heavy atom. The van der Waals surface area contributed by atoms with Gasteiger partial charge in [-0.1, -0.05) is 0 Å². The topological polar surface area (TPSA) is 33.3 Å². The molecular formula is C12H14F4N2O. The van der Waals surface area contributed by atoms with Crippen molar-refractivity contribution in [3.05, 3.63) is 29.6 Å². The van der Waals surface area contributed by atoms with Crippen LogP contribution in [0.4, 0.5) is 23.2 Å². The smallest absolute Gasteiger partial charge is 0.381 e. The molecule has 0 bridgehead atoms. The summed E-state index contributed by atoms with van der Waals surface area (Å²) in [6.45, 7) is 2.23. The van der Waals surface area contributed by atoms with E-state index in [0.717, 1.165) is 12.1 Å². The van der Waals surface area contributed by atoms with Gasteiger partial charge in [0.15, 0.2) is 0 Å². The maximum atomic E-state index is 13.5. The van der Waals surface area contributed by atoms with Crippen LogP contribution < -0.4 is 10.6 Å². The average molecular weight is 278 g/mol. The lowest BCUT2D eigenvalue weighted by Crippen LogP contribution is -2.45. The Morgan fingerprint density at radius 3 is 2.74 bits per heavy atom. The summed E-state index contributed by atoms with van der Waals surface area (Å²) in [6.07, 6.45) is -4.53. The molecule has 0 radical (unpaired) electrons. The summed E-state index contributed by atoms with van der Waals surface area (Å²) in [6, 6.07) is 2.47. The van der Waals surface area contributed by atoms with Crippen molar-refractivity contribution >= 4 is 5.69 Å². The number of anilines is 1. The lowest BCUT2D eigenvalue weighted by molar-refractivity contribution is -0.137. The minimum Gasteiger partial charge on any atom is -0.381 e. The highest BCUT2D eigenvalue weighted by Crippen LogP contribution is 2.31. The van der Waals surface area contributed by atoms with E-state index in [4.69, 9.17) is 4.74 Å². The maximum Gasteiger partial charge on any atom is 0.416 e. The number of hydrogen-bond acceptors (Lipinski definition) is 3. The molecule has 1 heterocycles. The van der Waals surface area contributed by atoms with Crippen molar-refractivity contribution in [1.29, 1.82) is 0 Å². The fraction of sp³-hybridized carbons (Fsp3) is 0.500. The van der Waals surface area contributed by atoms with E-state index in [1.54, 1.807) is 0 Å². The van der Waals surface area contributed by atoms with Crippen LogP contribution in [0.25, 0.3) is 0 Å². The van der Waals surface area contributed by atoms with E-state index >= 15 is 0 Å². The number of hydrogen-bond donors (Lipinski definition) is 2. The van der Waals surface area contributed by atoms with E-state index in [1.165, 1.54) is 0 Å². The van der Waals surface area contributed by atoms with E-state index in [9.17, 15) is 17.6 Å². The van der Waals surface area contributed by atoms with Crippen LogP contribution in [0.3, 0.4) is 0 Å². The monoisotopic (exact) mass is 278 g/mol. The van der Waals surface area contributed by atoms with E-state index in [-0.39, 0.29) is 11.7 Å². The quantitative estimate of drug-likeness (QED) is 0.832. The molecule has 1 aliphatic heterocycles. The van der Waals surface area contributed by atoms with Gasteiger partial charge >= 0.3 is 6.18 Å². The van der Waals surface area contributed by atoms with Gasteiger partial charge in [-0.15, -0.1) is 0 Å². The van der Waals surface area contributed by atoms with Crippen LogP contribution in [0.5, 0.6) is 0 Å². The van der Waals surface area contributed by atoms with Crippen LogP contribution in [0, 0.1) is 5.82 Å². The Morgan fingerprint density at radius 1 is 1.37 bits per heavy atom. The second-order valence-electron chi connectivity index (χ2n) is 4.30. The zero-order valence-corrected chi connectivity index (χ0v) is 10.1. The van der Waals surface area contributed by atoms with Gasteiger partial charge in [0.1, 0.15) is 5.82 Å². The number of morpholine rings is 1. The van der Waals surface area contributed by atoms with Crippen molar-refractivity contribution in [2.75, 3.05) is 31.6 Å². The van der Waals surface area contributed by atoms with Crippen LogP contribution in [0.2, 0.25) is 0 Å². The average Bonchev–Trinajstić information content (AvgIpc) is 2.37. The highest BCUT2D eigenvalue weighted by Gasteiger charge is 2.31. The molecule has 1 aliphatic rings. The molecule has 2 rings (SSSR count). The van der Waals surface area contributed by atoms with E-state index in [0.29, 0.717) is 32.4 Å². The van der Waals surface area contributed by atoms with Crippen LogP contribution in [0.15, 0.2) is 18.2 Å². The minimum atomic E-state index is -4.53. The van der Waals surface area contributed by atoms with E-state index < -0.39 is 17.6 Å². The van der Waals surface area contributed by atoms with E-state index in [2.05, 4.69) is 10.6 Å².